The molecule has 18 heavy (non-hydrogen) atoms. The summed E-state index contributed by atoms with van der Waals surface area (Å²) >= 11 is 11.7. The summed E-state index contributed by atoms with van der Waals surface area (Å²) < 4.78 is 0. The van der Waals surface area contributed by atoms with Crippen LogP contribution in [0.15, 0.2) is 18.2 Å². The summed E-state index contributed by atoms with van der Waals surface area (Å²) in [6.07, 6.45) is 0.696. The third-order valence-electron chi connectivity index (χ3n) is 3.14. The van der Waals surface area contributed by atoms with Crippen LogP contribution in [-0.2, 0) is 0 Å². The standard InChI is InChI=1S/C13H15Cl2NO2/c1-13(18)4-5-16(8-13)7-12(17)9-2-3-10(14)11(15)6-9/h2-3,6,18H,4-5,7-8H2,1H3. The maximum atomic E-state index is 12.1. The van der Waals surface area contributed by atoms with E-state index in [1.807, 2.05) is 4.90 Å². The van der Waals surface area contributed by atoms with E-state index in [1.54, 1.807) is 25.1 Å². The minimum absolute atomic E-state index is 0.00809. The lowest BCUT2D eigenvalue weighted by Gasteiger charge is -2.18. The molecule has 1 aliphatic heterocycles. The molecule has 2 rings (SSSR count). The molecule has 0 radical (unpaired) electrons. The van der Waals surface area contributed by atoms with Crippen molar-refractivity contribution in [3.63, 3.8) is 0 Å². The fourth-order valence-corrected chi connectivity index (χ4v) is 2.44. The molecule has 1 N–H and O–H groups in total. The third-order valence-corrected chi connectivity index (χ3v) is 3.88. The first-order valence-corrected chi connectivity index (χ1v) is 6.56. The highest BCUT2D eigenvalue weighted by Gasteiger charge is 2.32. The number of nitrogens with zero attached hydrogens (tertiary/aromatic N) is 1. The maximum Gasteiger partial charge on any atom is 0.176 e. The highest BCUT2D eigenvalue weighted by atomic mass is 35.5. The van der Waals surface area contributed by atoms with Gasteiger partial charge in [-0.15, -0.1) is 0 Å². The smallest absolute Gasteiger partial charge is 0.176 e. The van der Waals surface area contributed by atoms with Crippen LogP contribution >= 0.6 is 23.2 Å². The molecular weight excluding hydrogens is 273 g/mol. The molecule has 1 aromatic carbocycles. The summed E-state index contributed by atoms with van der Waals surface area (Å²) in [5, 5.41) is 10.7. The van der Waals surface area contributed by atoms with Crippen molar-refractivity contribution in [2.24, 2.45) is 0 Å². The molecule has 3 nitrogen and oxygen atoms in total. The lowest BCUT2D eigenvalue weighted by atomic mass is 10.1. The number of β-amino-alcohol motifs (C(OH)–C–C–N with tert-alkyl or cyclic N) is 1. The van der Waals surface area contributed by atoms with Crippen molar-refractivity contribution in [2.75, 3.05) is 19.6 Å². The average Bonchev–Trinajstić information content (AvgIpc) is 2.62. The molecule has 1 heterocycles. The Balaban J connectivity index is 2.02. The summed E-state index contributed by atoms with van der Waals surface area (Å²) in [5.41, 5.74) is -0.131. The molecule has 0 amide bonds. The van der Waals surface area contributed by atoms with Gasteiger partial charge in [0.2, 0.25) is 0 Å². The van der Waals surface area contributed by atoms with Crippen molar-refractivity contribution < 1.29 is 9.90 Å². The van der Waals surface area contributed by atoms with Crippen molar-refractivity contribution >= 4 is 29.0 Å². The molecule has 1 aliphatic rings. The Hall–Kier alpha value is -0.610. The fraction of sp³-hybridized carbons (Fsp3) is 0.462. The Morgan fingerprint density at radius 3 is 2.72 bits per heavy atom. The molecule has 1 atom stereocenters. The SMILES string of the molecule is CC1(O)CCN(CC(=O)c2ccc(Cl)c(Cl)c2)C1. The molecule has 0 saturated carbocycles. The summed E-state index contributed by atoms with van der Waals surface area (Å²) in [6, 6.07) is 4.88. The molecular formula is C13H15Cl2NO2. The Labute approximate surface area is 116 Å². The number of likely N-dealkylation sites (tertiary alicyclic amines) is 1. The van der Waals surface area contributed by atoms with Crippen LogP contribution in [0.2, 0.25) is 10.0 Å². The average molecular weight is 288 g/mol. The summed E-state index contributed by atoms with van der Waals surface area (Å²) in [7, 11) is 0. The first-order chi connectivity index (χ1) is 8.37. The first kappa shape index (κ1) is 13.8. The molecule has 0 spiro atoms. The predicted molar refractivity (Wildman–Crippen MR) is 72.5 cm³/mol. The number of halogens is 2. The van der Waals surface area contributed by atoms with Crippen LogP contribution in [-0.4, -0.2) is 41.0 Å². The Bertz CT molecular complexity index is 474. The van der Waals surface area contributed by atoms with Crippen molar-refractivity contribution in [2.45, 2.75) is 18.9 Å². The summed E-state index contributed by atoms with van der Waals surface area (Å²) in [6.45, 7) is 3.35. The molecule has 1 saturated heterocycles. The molecule has 0 bridgehead atoms. The van der Waals surface area contributed by atoms with Gasteiger partial charge < -0.3 is 5.11 Å². The van der Waals surface area contributed by atoms with E-state index in [0.29, 0.717) is 35.1 Å². The van der Waals surface area contributed by atoms with Crippen LogP contribution < -0.4 is 0 Å². The van der Waals surface area contributed by atoms with Crippen molar-refractivity contribution in [3.8, 4) is 0 Å². The van der Waals surface area contributed by atoms with Gasteiger partial charge in [0.1, 0.15) is 0 Å². The lowest BCUT2D eigenvalue weighted by Crippen LogP contribution is -2.33. The van der Waals surface area contributed by atoms with E-state index >= 15 is 0 Å². The molecule has 1 fully saturated rings. The number of hydrogen-bond donors (Lipinski definition) is 1. The van der Waals surface area contributed by atoms with Gasteiger partial charge in [-0.1, -0.05) is 23.2 Å². The van der Waals surface area contributed by atoms with E-state index in [4.69, 9.17) is 23.2 Å². The normalized spacial score (nSPS) is 24.4. The van der Waals surface area contributed by atoms with Crippen molar-refractivity contribution in [1.82, 2.24) is 4.90 Å². The molecule has 1 unspecified atom stereocenters. The van der Waals surface area contributed by atoms with Gasteiger partial charge in [0, 0.05) is 18.7 Å². The maximum absolute atomic E-state index is 12.1. The summed E-state index contributed by atoms with van der Waals surface area (Å²) in [5.74, 6) is -0.00809. The number of aliphatic hydroxyl groups is 1. The van der Waals surface area contributed by atoms with Crippen LogP contribution in [0.5, 0.6) is 0 Å². The van der Waals surface area contributed by atoms with Crippen LogP contribution in [0.25, 0.3) is 0 Å². The van der Waals surface area contributed by atoms with Gasteiger partial charge in [-0.3, -0.25) is 9.69 Å². The predicted octanol–water partition coefficient (Wildman–Crippen LogP) is 2.63. The van der Waals surface area contributed by atoms with Gasteiger partial charge in [-0.05, 0) is 31.5 Å². The van der Waals surface area contributed by atoms with E-state index in [9.17, 15) is 9.90 Å². The van der Waals surface area contributed by atoms with E-state index in [1.165, 1.54) is 0 Å². The minimum atomic E-state index is -0.683. The van der Waals surface area contributed by atoms with Crippen LogP contribution in [0.1, 0.15) is 23.7 Å². The number of Topliss-reactive ketones (excluding diaryl/α,β-unsaturated/α-hetero) is 1. The molecule has 98 valence electrons. The Morgan fingerprint density at radius 2 is 2.17 bits per heavy atom. The highest BCUT2D eigenvalue weighted by Crippen LogP contribution is 2.24. The van der Waals surface area contributed by atoms with Crippen molar-refractivity contribution in [3.05, 3.63) is 33.8 Å². The van der Waals surface area contributed by atoms with Crippen LogP contribution in [0, 0.1) is 0 Å². The second-order valence-corrected chi connectivity index (χ2v) is 5.82. The lowest BCUT2D eigenvalue weighted by molar-refractivity contribution is 0.0669. The van der Waals surface area contributed by atoms with Gasteiger partial charge in [-0.25, -0.2) is 0 Å². The molecule has 0 aromatic heterocycles. The minimum Gasteiger partial charge on any atom is -0.389 e. The number of rotatable bonds is 3. The largest absolute Gasteiger partial charge is 0.389 e. The van der Waals surface area contributed by atoms with Crippen molar-refractivity contribution in [1.29, 1.82) is 0 Å². The second kappa shape index (κ2) is 5.17. The summed E-state index contributed by atoms with van der Waals surface area (Å²) in [4.78, 5) is 14.0. The molecule has 0 aliphatic carbocycles. The number of benzene rings is 1. The third kappa shape index (κ3) is 3.23. The Morgan fingerprint density at radius 1 is 1.44 bits per heavy atom. The highest BCUT2D eigenvalue weighted by molar-refractivity contribution is 6.42. The number of carbonyl (C=O) groups excluding carboxylic acids is 1. The first-order valence-electron chi connectivity index (χ1n) is 5.80. The zero-order valence-electron chi connectivity index (χ0n) is 10.1. The Kier molecular flexibility index (Phi) is 3.97. The monoisotopic (exact) mass is 287 g/mol. The number of ketones is 1. The molecule has 1 aromatic rings. The van der Waals surface area contributed by atoms with Gasteiger partial charge >= 0.3 is 0 Å². The topological polar surface area (TPSA) is 40.5 Å². The number of carbonyl (C=O) groups is 1. The van der Waals surface area contributed by atoms with Gasteiger partial charge in [0.05, 0.1) is 22.2 Å². The zero-order chi connectivity index (χ0) is 13.3. The van der Waals surface area contributed by atoms with Crippen LogP contribution in [0.3, 0.4) is 0 Å². The van der Waals surface area contributed by atoms with E-state index < -0.39 is 5.60 Å². The zero-order valence-corrected chi connectivity index (χ0v) is 11.6. The molecule has 5 heteroatoms. The fourth-order valence-electron chi connectivity index (χ4n) is 2.14. The quantitative estimate of drug-likeness (QED) is 0.869. The number of hydrogen-bond acceptors (Lipinski definition) is 3. The van der Waals surface area contributed by atoms with Gasteiger partial charge in [-0.2, -0.15) is 0 Å². The van der Waals surface area contributed by atoms with E-state index in [2.05, 4.69) is 0 Å². The van der Waals surface area contributed by atoms with E-state index in [0.717, 1.165) is 6.54 Å². The van der Waals surface area contributed by atoms with Gasteiger partial charge in [0.15, 0.2) is 5.78 Å². The van der Waals surface area contributed by atoms with Gasteiger partial charge in [0.25, 0.3) is 0 Å². The second-order valence-electron chi connectivity index (χ2n) is 5.01. The van der Waals surface area contributed by atoms with Crippen LogP contribution in [0.4, 0.5) is 0 Å². The van der Waals surface area contributed by atoms with E-state index in [-0.39, 0.29) is 5.78 Å².